The van der Waals surface area contributed by atoms with Gasteiger partial charge in [0.15, 0.2) is 5.69 Å². The van der Waals surface area contributed by atoms with Crippen LogP contribution < -0.4 is 5.32 Å². The van der Waals surface area contributed by atoms with E-state index < -0.39 is 30.1 Å². The molecule has 0 spiro atoms. The summed E-state index contributed by atoms with van der Waals surface area (Å²) in [5, 5.41) is 10.1. The van der Waals surface area contributed by atoms with Gasteiger partial charge < -0.3 is 10.2 Å². The number of rotatable bonds is 7. The smallest absolute Gasteiger partial charge is 0.275 e. The highest BCUT2D eigenvalue weighted by molar-refractivity contribution is 5.97. The molecular weight excluding hydrogens is 481 g/mol. The van der Waals surface area contributed by atoms with Crippen molar-refractivity contribution in [3.63, 3.8) is 0 Å². The topological polar surface area (TPSA) is 91.0 Å². The lowest BCUT2D eigenvalue weighted by atomic mass is 9.95. The Labute approximate surface area is 221 Å². The summed E-state index contributed by atoms with van der Waals surface area (Å²) >= 11 is 0. The Balaban J connectivity index is 1.38. The van der Waals surface area contributed by atoms with Gasteiger partial charge in [-0.05, 0) is 40.8 Å². The summed E-state index contributed by atoms with van der Waals surface area (Å²) < 4.78 is 14.6. The van der Waals surface area contributed by atoms with E-state index in [9.17, 15) is 14.0 Å². The molecule has 0 radical (unpaired) electrons. The van der Waals surface area contributed by atoms with E-state index in [1.807, 2.05) is 42.5 Å². The summed E-state index contributed by atoms with van der Waals surface area (Å²) in [5.74, 6) is -0.501. The van der Waals surface area contributed by atoms with Gasteiger partial charge in [0.25, 0.3) is 5.91 Å². The van der Waals surface area contributed by atoms with Gasteiger partial charge in [-0.1, -0.05) is 68.4 Å². The van der Waals surface area contributed by atoms with Crippen molar-refractivity contribution >= 4 is 11.8 Å². The molecule has 1 aliphatic heterocycles. The number of amides is 2. The lowest BCUT2D eigenvalue weighted by Crippen LogP contribution is -2.47. The molecule has 38 heavy (non-hydrogen) atoms. The predicted molar refractivity (Wildman–Crippen MR) is 143 cm³/mol. The summed E-state index contributed by atoms with van der Waals surface area (Å²) in [6.07, 6.45) is 1.93. The number of hydrogen-bond donors (Lipinski definition) is 2. The Morgan fingerprint density at radius 1 is 0.974 bits per heavy atom. The number of likely N-dealkylation sites (tertiary alicyclic amines) is 1. The molecule has 8 heteroatoms. The number of pyridine rings is 1. The maximum atomic E-state index is 14.6. The molecule has 2 aromatic carbocycles. The molecule has 4 aromatic rings. The number of nitrogens with zero attached hydrogens (tertiary/aromatic N) is 3. The fourth-order valence-electron chi connectivity index (χ4n) is 4.83. The first-order chi connectivity index (χ1) is 18.4. The summed E-state index contributed by atoms with van der Waals surface area (Å²) in [5.41, 5.74) is 4.61. The van der Waals surface area contributed by atoms with Crippen LogP contribution in [0.4, 0.5) is 4.39 Å². The van der Waals surface area contributed by atoms with Crippen LogP contribution in [0.1, 0.15) is 59.4 Å². The van der Waals surface area contributed by atoms with Crippen molar-refractivity contribution in [3.05, 3.63) is 108 Å². The highest BCUT2D eigenvalue weighted by Crippen LogP contribution is 2.28. The molecule has 0 aliphatic carbocycles. The Hall–Kier alpha value is -4.33. The molecular formula is C30H30FN5O2. The van der Waals surface area contributed by atoms with Gasteiger partial charge in [0.1, 0.15) is 12.2 Å². The van der Waals surface area contributed by atoms with Crippen LogP contribution in [-0.4, -0.2) is 50.7 Å². The van der Waals surface area contributed by atoms with Crippen LogP contribution in [0.15, 0.2) is 85.2 Å². The lowest BCUT2D eigenvalue weighted by molar-refractivity contribution is -0.125. The zero-order valence-electron chi connectivity index (χ0n) is 21.3. The second-order valence-corrected chi connectivity index (χ2v) is 9.88. The van der Waals surface area contributed by atoms with E-state index in [0.717, 1.165) is 16.7 Å². The van der Waals surface area contributed by atoms with Crippen LogP contribution in [0.5, 0.6) is 0 Å². The monoisotopic (exact) mass is 511 g/mol. The Morgan fingerprint density at radius 2 is 1.63 bits per heavy atom. The average molecular weight is 512 g/mol. The number of nitrogens with one attached hydrogen (secondary N) is 2. The molecule has 3 atom stereocenters. The predicted octanol–water partition coefficient (Wildman–Crippen LogP) is 5.05. The number of alkyl halides is 1. The summed E-state index contributed by atoms with van der Waals surface area (Å²) in [4.78, 5) is 32.2. The number of halogens is 1. The van der Waals surface area contributed by atoms with Gasteiger partial charge in [0, 0.05) is 24.4 Å². The lowest BCUT2D eigenvalue weighted by Gasteiger charge is -2.26. The number of aromatic nitrogens is 3. The minimum atomic E-state index is -1.30. The van der Waals surface area contributed by atoms with Crippen molar-refractivity contribution in [2.45, 2.75) is 44.4 Å². The van der Waals surface area contributed by atoms with Crippen molar-refractivity contribution in [1.29, 1.82) is 0 Å². The largest absolute Gasteiger partial charge is 0.343 e. The molecule has 2 aromatic heterocycles. The third-order valence-electron chi connectivity index (χ3n) is 6.96. The van der Waals surface area contributed by atoms with E-state index in [0.29, 0.717) is 11.6 Å². The first-order valence-electron chi connectivity index (χ1n) is 12.8. The van der Waals surface area contributed by atoms with Gasteiger partial charge in [-0.3, -0.25) is 19.7 Å². The minimum Gasteiger partial charge on any atom is -0.343 e. The normalized spacial score (nSPS) is 17.9. The Bertz CT molecular complexity index is 1390. The summed E-state index contributed by atoms with van der Waals surface area (Å²) in [6.45, 7) is 4.10. The number of hydrogen-bond acceptors (Lipinski definition) is 4. The SMILES string of the molecule is CC(C)c1ccc(C(NC(=O)C2CC(F)CN2C(=O)c2cc(-c3ccncc3)[nH]n2)c2ccccc2)cc1. The van der Waals surface area contributed by atoms with Crippen LogP contribution in [0.3, 0.4) is 0 Å². The van der Waals surface area contributed by atoms with E-state index >= 15 is 0 Å². The quantitative estimate of drug-likeness (QED) is 0.363. The first kappa shape index (κ1) is 25.3. The van der Waals surface area contributed by atoms with Gasteiger partial charge >= 0.3 is 0 Å². The van der Waals surface area contributed by atoms with Crippen molar-refractivity contribution in [3.8, 4) is 11.3 Å². The van der Waals surface area contributed by atoms with E-state index in [1.54, 1.807) is 30.6 Å². The van der Waals surface area contributed by atoms with E-state index in [1.165, 1.54) is 10.5 Å². The van der Waals surface area contributed by atoms with Crippen LogP contribution in [0.25, 0.3) is 11.3 Å². The molecule has 1 saturated heterocycles. The fraction of sp³-hybridized carbons (Fsp3) is 0.267. The van der Waals surface area contributed by atoms with Crippen molar-refractivity contribution in [2.75, 3.05) is 6.54 Å². The number of H-pyrrole nitrogens is 1. The zero-order valence-corrected chi connectivity index (χ0v) is 21.3. The van der Waals surface area contributed by atoms with Gasteiger partial charge in [-0.15, -0.1) is 0 Å². The van der Waals surface area contributed by atoms with Crippen LogP contribution in [-0.2, 0) is 4.79 Å². The Morgan fingerprint density at radius 3 is 2.32 bits per heavy atom. The highest BCUT2D eigenvalue weighted by Gasteiger charge is 2.41. The minimum absolute atomic E-state index is 0.0625. The van der Waals surface area contributed by atoms with Gasteiger partial charge in [-0.2, -0.15) is 5.10 Å². The molecule has 1 aliphatic rings. The molecule has 194 valence electrons. The van der Waals surface area contributed by atoms with Crippen molar-refractivity contribution in [1.82, 2.24) is 25.4 Å². The van der Waals surface area contributed by atoms with Crippen molar-refractivity contribution in [2.24, 2.45) is 0 Å². The van der Waals surface area contributed by atoms with Crippen molar-refractivity contribution < 1.29 is 14.0 Å². The molecule has 3 unspecified atom stereocenters. The second kappa shape index (κ2) is 11.0. The maximum absolute atomic E-state index is 14.6. The Kier molecular flexibility index (Phi) is 7.31. The van der Waals surface area contributed by atoms with Crippen LogP contribution >= 0.6 is 0 Å². The maximum Gasteiger partial charge on any atom is 0.275 e. The zero-order chi connectivity index (χ0) is 26.6. The number of carbonyl (C=O) groups excluding carboxylic acids is 2. The molecule has 7 nitrogen and oxygen atoms in total. The molecule has 0 bridgehead atoms. The number of carbonyl (C=O) groups is 2. The average Bonchev–Trinajstić information content (AvgIpc) is 3.60. The molecule has 5 rings (SSSR count). The standard InChI is InChI=1S/C30H30FN5O2/c1-19(2)20-8-10-23(11-9-20)28(22-6-4-3-5-7-22)33-29(37)27-16-24(31)18-36(27)30(38)26-17-25(34-35-26)21-12-14-32-15-13-21/h3-15,17,19,24,27-28H,16,18H2,1-2H3,(H,33,37)(H,34,35). The molecule has 3 heterocycles. The fourth-order valence-corrected chi connectivity index (χ4v) is 4.83. The third-order valence-corrected chi connectivity index (χ3v) is 6.96. The van der Waals surface area contributed by atoms with Gasteiger partial charge in [-0.25, -0.2) is 4.39 Å². The van der Waals surface area contributed by atoms with Crippen LogP contribution in [0, 0.1) is 0 Å². The number of aromatic amines is 1. The van der Waals surface area contributed by atoms with E-state index in [4.69, 9.17) is 0 Å². The van der Waals surface area contributed by atoms with E-state index in [2.05, 4.69) is 46.5 Å². The summed E-state index contributed by atoms with van der Waals surface area (Å²) in [7, 11) is 0. The van der Waals surface area contributed by atoms with Gasteiger partial charge in [0.2, 0.25) is 5.91 Å². The molecule has 2 amide bonds. The molecule has 1 fully saturated rings. The molecule has 0 saturated carbocycles. The van der Waals surface area contributed by atoms with E-state index in [-0.39, 0.29) is 18.7 Å². The second-order valence-electron chi connectivity index (χ2n) is 9.88. The highest BCUT2D eigenvalue weighted by atomic mass is 19.1. The van der Waals surface area contributed by atoms with Gasteiger partial charge in [0.05, 0.1) is 18.3 Å². The number of benzene rings is 2. The third kappa shape index (κ3) is 5.34. The van der Waals surface area contributed by atoms with Crippen LogP contribution in [0.2, 0.25) is 0 Å². The molecule has 2 N–H and O–H groups in total. The first-order valence-corrected chi connectivity index (χ1v) is 12.8. The summed E-state index contributed by atoms with van der Waals surface area (Å²) in [6, 6.07) is 21.6.